The van der Waals surface area contributed by atoms with Gasteiger partial charge in [-0.15, -0.1) is 0 Å². The molecular weight excluding hydrogens is 230 g/mol. The summed E-state index contributed by atoms with van der Waals surface area (Å²) in [5.41, 5.74) is 0. The summed E-state index contributed by atoms with van der Waals surface area (Å²) >= 11 is 0. The van der Waals surface area contributed by atoms with Gasteiger partial charge in [0, 0.05) is 12.6 Å². The number of sulfonamides is 1. The molecule has 94 valence electrons. The fourth-order valence-corrected chi connectivity index (χ4v) is 4.09. The molecule has 2 rings (SSSR count). The van der Waals surface area contributed by atoms with Gasteiger partial charge in [-0.3, -0.25) is 0 Å². The zero-order chi connectivity index (χ0) is 11.8. The van der Waals surface area contributed by atoms with Crippen molar-refractivity contribution in [3.05, 3.63) is 0 Å². The van der Waals surface area contributed by atoms with Crippen LogP contribution in [0.4, 0.5) is 0 Å². The molecule has 1 saturated heterocycles. The summed E-state index contributed by atoms with van der Waals surface area (Å²) < 4.78 is 31.0. The van der Waals surface area contributed by atoms with E-state index >= 15 is 0 Å². The smallest absolute Gasteiger partial charge is 0.214 e. The van der Waals surface area contributed by atoms with Gasteiger partial charge < -0.3 is 9.84 Å². The second-order valence-corrected chi connectivity index (χ2v) is 6.74. The molecule has 2 unspecified atom stereocenters. The normalized spacial score (nSPS) is 32.9. The predicted molar refractivity (Wildman–Crippen MR) is 59.5 cm³/mol. The minimum atomic E-state index is -3.17. The molecule has 2 fully saturated rings. The Morgan fingerprint density at radius 1 is 1.44 bits per heavy atom. The second kappa shape index (κ2) is 4.60. The number of hydrogen-bond donors (Lipinski definition) is 1. The van der Waals surface area contributed by atoms with Crippen molar-refractivity contribution in [1.29, 1.82) is 0 Å². The first kappa shape index (κ1) is 12.3. The molecule has 6 heteroatoms. The van der Waals surface area contributed by atoms with Gasteiger partial charge >= 0.3 is 0 Å². The number of aliphatic hydroxyl groups is 1. The van der Waals surface area contributed by atoms with Crippen LogP contribution in [-0.4, -0.2) is 55.5 Å². The number of morpholine rings is 1. The van der Waals surface area contributed by atoms with Crippen LogP contribution in [0, 0.1) is 5.92 Å². The van der Waals surface area contributed by atoms with Crippen molar-refractivity contribution in [2.45, 2.75) is 31.9 Å². The lowest BCUT2D eigenvalue weighted by Gasteiger charge is -2.36. The topological polar surface area (TPSA) is 66.8 Å². The van der Waals surface area contributed by atoms with Crippen LogP contribution in [0.15, 0.2) is 0 Å². The Hall–Kier alpha value is -0.170. The van der Waals surface area contributed by atoms with Gasteiger partial charge in [0.05, 0.1) is 25.1 Å². The molecule has 5 nitrogen and oxygen atoms in total. The average Bonchev–Trinajstić information content (AvgIpc) is 3.01. The summed E-state index contributed by atoms with van der Waals surface area (Å²) in [6.07, 6.45) is 1.69. The number of nitrogens with zero attached hydrogens (tertiary/aromatic N) is 1. The number of aliphatic hydroxyl groups excluding tert-OH is 1. The Morgan fingerprint density at radius 3 is 2.69 bits per heavy atom. The van der Waals surface area contributed by atoms with Crippen LogP contribution in [0.5, 0.6) is 0 Å². The lowest BCUT2D eigenvalue weighted by molar-refractivity contribution is -0.0516. The SMILES string of the molecule is CC1COC(CO)CN1S(=O)(=O)CC1CC1. The van der Waals surface area contributed by atoms with E-state index < -0.39 is 10.0 Å². The minimum absolute atomic E-state index is 0.119. The molecule has 1 aliphatic heterocycles. The van der Waals surface area contributed by atoms with Gasteiger partial charge in [0.15, 0.2) is 0 Å². The van der Waals surface area contributed by atoms with Gasteiger partial charge in [0.2, 0.25) is 10.0 Å². The van der Waals surface area contributed by atoms with Crippen LogP contribution in [0.25, 0.3) is 0 Å². The molecule has 0 bridgehead atoms. The molecule has 0 aromatic carbocycles. The molecule has 0 aromatic heterocycles. The maximum absolute atomic E-state index is 12.1. The standard InChI is InChI=1S/C10H19NO4S/c1-8-6-15-10(5-12)4-11(8)16(13,14)7-9-2-3-9/h8-10,12H,2-7H2,1H3. The summed E-state index contributed by atoms with van der Waals surface area (Å²) in [6.45, 7) is 2.38. The Balaban J connectivity index is 2.04. The van der Waals surface area contributed by atoms with E-state index in [0.717, 1.165) is 12.8 Å². The lowest BCUT2D eigenvalue weighted by Crippen LogP contribution is -2.52. The number of rotatable bonds is 4. The molecule has 1 aliphatic carbocycles. The highest BCUT2D eigenvalue weighted by Gasteiger charge is 2.37. The molecule has 1 heterocycles. The highest BCUT2D eigenvalue weighted by Crippen LogP contribution is 2.32. The third kappa shape index (κ3) is 2.74. The summed E-state index contributed by atoms with van der Waals surface area (Å²) in [7, 11) is -3.17. The Morgan fingerprint density at radius 2 is 2.12 bits per heavy atom. The van der Waals surface area contributed by atoms with E-state index in [-0.39, 0.29) is 31.1 Å². The average molecular weight is 249 g/mol. The molecule has 0 amide bonds. The molecule has 2 aliphatic rings. The van der Waals surface area contributed by atoms with Gasteiger partial charge in [-0.2, -0.15) is 4.31 Å². The summed E-state index contributed by atoms with van der Waals surface area (Å²) in [6, 6.07) is -0.119. The van der Waals surface area contributed by atoms with E-state index in [1.54, 1.807) is 0 Å². The van der Waals surface area contributed by atoms with Gasteiger partial charge in [0.25, 0.3) is 0 Å². The predicted octanol–water partition coefficient (Wildman–Crippen LogP) is -0.192. The Bertz CT molecular complexity index is 339. The maximum atomic E-state index is 12.1. The fourth-order valence-electron chi connectivity index (χ4n) is 1.97. The van der Waals surface area contributed by atoms with E-state index in [2.05, 4.69) is 0 Å². The number of ether oxygens (including phenoxy) is 1. The quantitative estimate of drug-likeness (QED) is 0.750. The third-order valence-electron chi connectivity index (χ3n) is 3.15. The Kier molecular flexibility index (Phi) is 3.53. The number of hydrogen-bond acceptors (Lipinski definition) is 4. The van der Waals surface area contributed by atoms with Crippen molar-refractivity contribution < 1.29 is 18.3 Å². The van der Waals surface area contributed by atoms with Crippen LogP contribution < -0.4 is 0 Å². The van der Waals surface area contributed by atoms with E-state index in [1.807, 2.05) is 6.92 Å². The van der Waals surface area contributed by atoms with E-state index in [0.29, 0.717) is 12.5 Å². The van der Waals surface area contributed by atoms with Crippen LogP contribution in [-0.2, 0) is 14.8 Å². The van der Waals surface area contributed by atoms with E-state index in [1.165, 1.54) is 4.31 Å². The van der Waals surface area contributed by atoms with Crippen molar-refractivity contribution >= 4 is 10.0 Å². The first-order valence-electron chi connectivity index (χ1n) is 5.75. The van der Waals surface area contributed by atoms with Crippen molar-refractivity contribution in [3.8, 4) is 0 Å². The highest BCUT2D eigenvalue weighted by atomic mass is 32.2. The van der Waals surface area contributed by atoms with Gasteiger partial charge in [-0.1, -0.05) is 0 Å². The largest absolute Gasteiger partial charge is 0.394 e. The highest BCUT2D eigenvalue weighted by molar-refractivity contribution is 7.89. The van der Waals surface area contributed by atoms with Crippen LogP contribution in [0.3, 0.4) is 0 Å². The van der Waals surface area contributed by atoms with Gasteiger partial charge in [-0.25, -0.2) is 8.42 Å². The van der Waals surface area contributed by atoms with Crippen molar-refractivity contribution in [3.63, 3.8) is 0 Å². The molecule has 16 heavy (non-hydrogen) atoms. The van der Waals surface area contributed by atoms with Crippen LogP contribution in [0.2, 0.25) is 0 Å². The molecule has 1 saturated carbocycles. The van der Waals surface area contributed by atoms with Crippen LogP contribution in [0.1, 0.15) is 19.8 Å². The molecule has 2 atom stereocenters. The van der Waals surface area contributed by atoms with E-state index in [4.69, 9.17) is 9.84 Å². The molecule has 0 aromatic rings. The van der Waals surface area contributed by atoms with Gasteiger partial charge in [0.1, 0.15) is 0 Å². The first-order valence-corrected chi connectivity index (χ1v) is 7.36. The molecule has 1 N–H and O–H groups in total. The molecule has 0 spiro atoms. The molecular formula is C10H19NO4S. The monoisotopic (exact) mass is 249 g/mol. The fraction of sp³-hybridized carbons (Fsp3) is 1.00. The first-order chi connectivity index (χ1) is 7.53. The zero-order valence-corrected chi connectivity index (χ0v) is 10.3. The van der Waals surface area contributed by atoms with Crippen molar-refractivity contribution in [1.82, 2.24) is 4.31 Å². The van der Waals surface area contributed by atoms with Crippen LogP contribution >= 0.6 is 0 Å². The minimum Gasteiger partial charge on any atom is -0.394 e. The zero-order valence-electron chi connectivity index (χ0n) is 9.50. The maximum Gasteiger partial charge on any atom is 0.214 e. The van der Waals surface area contributed by atoms with Crippen molar-refractivity contribution in [2.24, 2.45) is 5.92 Å². The third-order valence-corrected chi connectivity index (χ3v) is 5.27. The second-order valence-electron chi connectivity index (χ2n) is 4.78. The summed E-state index contributed by atoms with van der Waals surface area (Å²) in [4.78, 5) is 0. The lowest BCUT2D eigenvalue weighted by atomic mass is 10.2. The van der Waals surface area contributed by atoms with E-state index in [9.17, 15) is 8.42 Å². The summed E-state index contributed by atoms with van der Waals surface area (Å²) in [5.74, 6) is 0.614. The summed E-state index contributed by atoms with van der Waals surface area (Å²) in [5, 5.41) is 9.01. The Labute approximate surface area is 96.4 Å². The molecule has 0 radical (unpaired) electrons. The van der Waals surface area contributed by atoms with Crippen molar-refractivity contribution in [2.75, 3.05) is 25.5 Å². The van der Waals surface area contributed by atoms with Gasteiger partial charge in [-0.05, 0) is 25.7 Å².